The molecule has 0 aliphatic heterocycles. The summed E-state index contributed by atoms with van der Waals surface area (Å²) < 4.78 is 26.8. The maximum atomic E-state index is 12.2. The van der Waals surface area contributed by atoms with E-state index in [1.807, 2.05) is 0 Å². The molecule has 0 unspecified atom stereocenters. The molecule has 1 aromatic rings. The molecule has 0 heterocycles. The van der Waals surface area contributed by atoms with Crippen molar-refractivity contribution in [3.05, 3.63) is 29.8 Å². The normalized spacial score (nSPS) is 16.2. The molecule has 0 saturated heterocycles. The number of hydrogen-bond donors (Lipinski definition) is 2. The maximum Gasteiger partial charge on any atom is 0.240 e. The fraction of sp³-hybridized carbons (Fsp3) is 0.556. The van der Waals surface area contributed by atoms with E-state index in [4.69, 9.17) is 0 Å². The third kappa shape index (κ3) is 6.25. The number of hydrogen-bond acceptors (Lipinski definition) is 4. The molecule has 2 rings (SSSR count). The molecule has 1 aromatic carbocycles. The maximum absolute atomic E-state index is 12.2. The van der Waals surface area contributed by atoms with Crippen LogP contribution in [-0.4, -0.2) is 32.7 Å². The zero-order valence-corrected chi connectivity index (χ0v) is 15.4. The molecule has 1 aliphatic carbocycles. The van der Waals surface area contributed by atoms with E-state index in [1.54, 1.807) is 0 Å². The van der Waals surface area contributed by atoms with Crippen molar-refractivity contribution >= 4 is 21.7 Å². The first-order valence-corrected chi connectivity index (χ1v) is 10.3. The summed E-state index contributed by atoms with van der Waals surface area (Å²) >= 11 is 0. The van der Waals surface area contributed by atoms with Crippen molar-refractivity contribution in [2.24, 2.45) is 0 Å². The highest BCUT2D eigenvalue weighted by atomic mass is 32.2. The minimum Gasteiger partial charge on any atom is -0.353 e. The smallest absolute Gasteiger partial charge is 0.240 e. The Morgan fingerprint density at radius 2 is 1.64 bits per heavy atom. The Morgan fingerprint density at radius 1 is 1.04 bits per heavy atom. The van der Waals surface area contributed by atoms with Crippen molar-refractivity contribution in [3.63, 3.8) is 0 Å². The van der Waals surface area contributed by atoms with Crippen molar-refractivity contribution in [3.8, 4) is 0 Å². The van der Waals surface area contributed by atoms with Crippen LogP contribution >= 0.6 is 0 Å². The van der Waals surface area contributed by atoms with Crippen LogP contribution in [0, 0.1) is 0 Å². The van der Waals surface area contributed by atoms with Gasteiger partial charge in [-0.05, 0) is 31.9 Å². The van der Waals surface area contributed by atoms with Gasteiger partial charge in [-0.25, -0.2) is 13.1 Å². The van der Waals surface area contributed by atoms with Gasteiger partial charge in [-0.2, -0.15) is 0 Å². The average molecular weight is 366 g/mol. The van der Waals surface area contributed by atoms with Crippen LogP contribution in [0.1, 0.15) is 62.2 Å². The van der Waals surface area contributed by atoms with Gasteiger partial charge in [0.05, 0.1) is 4.90 Å². The highest BCUT2D eigenvalue weighted by molar-refractivity contribution is 7.89. The predicted octanol–water partition coefficient (Wildman–Crippen LogP) is 2.40. The van der Waals surface area contributed by atoms with Gasteiger partial charge in [0.2, 0.25) is 15.9 Å². The molecule has 2 N–H and O–H groups in total. The number of carbonyl (C=O) groups is 2. The van der Waals surface area contributed by atoms with Gasteiger partial charge in [0.1, 0.15) is 0 Å². The van der Waals surface area contributed by atoms with E-state index < -0.39 is 10.0 Å². The molecule has 6 nitrogen and oxygen atoms in total. The zero-order chi connectivity index (χ0) is 18.3. The number of nitrogens with one attached hydrogen (secondary N) is 2. The monoisotopic (exact) mass is 366 g/mol. The van der Waals surface area contributed by atoms with Gasteiger partial charge < -0.3 is 5.32 Å². The lowest BCUT2D eigenvalue weighted by Gasteiger charge is -2.16. The van der Waals surface area contributed by atoms with Crippen LogP contribution in [0.2, 0.25) is 0 Å². The lowest BCUT2D eigenvalue weighted by molar-refractivity contribution is -0.121. The number of amides is 1. The SMILES string of the molecule is CC(=O)c1ccc(S(=O)(=O)NCCC(=O)NC2CCCCCC2)cc1. The number of rotatable bonds is 7. The molecule has 25 heavy (non-hydrogen) atoms. The van der Waals surface area contributed by atoms with Gasteiger partial charge in [0.25, 0.3) is 0 Å². The molecule has 0 atom stereocenters. The van der Waals surface area contributed by atoms with E-state index in [2.05, 4.69) is 10.0 Å². The van der Waals surface area contributed by atoms with Gasteiger partial charge in [0, 0.05) is 24.6 Å². The molecular weight excluding hydrogens is 340 g/mol. The Labute approximate surface area is 149 Å². The van der Waals surface area contributed by atoms with Crippen LogP contribution in [-0.2, 0) is 14.8 Å². The Morgan fingerprint density at radius 3 is 2.20 bits per heavy atom. The molecule has 1 aliphatic rings. The fourth-order valence-corrected chi connectivity index (χ4v) is 4.01. The fourth-order valence-electron chi connectivity index (χ4n) is 2.97. The Bertz CT molecular complexity index is 690. The van der Waals surface area contributed by atoms with Gasteiger partial charge in [-0.15, -0.1) is 0 Å². The van der Waals surface area contributed by atoms with Crippen LogP contribution in [0.25, 0.3) is 0 Å². The topological polar surface area (TPSA) is 92.3 Å². The van der Waals surface area contributed by atoms with Gasteiger partial charge in [0.15, 0.2) is 5.78 Å². The Balaban J connectivity index is 1.80. The van der Waals surface area contributed by atoms with Gasteiger partial charge in [-0.3, -0.25) is 9.59 Å². The third-order valence-corrected chi connectivity index (χ3v) is 5.91. The number of ketones is 1. The number of sulfonamides is 1. The van der Waals surface area contributed by atoms with Crippen molar-refractivity contribution in [2.75, 3.05) is 6.54 Å². The number of Topliss-reactive ketones (excluding diaryl/α,β-unsaturated/α-hetero) is 1. The molecule has 0 spiro atoms. The molecule has 7 heteroatoms. The summed E-state index contributed by atoms with van der Waals surface area (Å²) in [6, 6.07) is 5.96. The highest BCUT2D eigenvalue weighted by Crippen LogP contribution is 2.17. The summed E-state index contributed by atoms with van der Waals surface area (Å²) in [5.41, 5.74) is 0.460. The van der Waals surface area contributed by atoms with Crippen molar-refractivity contribution in [1.29, 1.82) is 0 Å². The van der Waals surface area contributed by atoms with Crippen LogP contribution in [0.3, 0.4) is 0 Å². The first-order valence-electron chi connectivity index (χ1n) is 8.78. The van der Waals surface area contributed by atoms with E-state index in [0.717, 1.165) is 25.7 Å². The minimum atomic E-state index is -3.68. The highest BCUT2D eigenvalue weighted by Gasteiger charge is 2.17. The van der Waals surface area contributed by atoms with Gasteiger partial charge in [-0.1, -0.05) is 37.8 Å². The quantitative estimate of drug-likeness (QED) is 0.572. The van der Waals surface area contributed by atoms with Crippen LogP contribution < -0.4 is 10.0 Å². The van der Waals surface area contributed by atoms with Crippen molar-refractivity contribution in [2.45, 2.75) is 62.8 Å². The molecular formula is C18H26N2O4S. The largest absolute Gasteiger partial charge is 0.353 e. The van der Waals surface area contributed by atoms with E-state index >= 15 is 0 Å². The second kappa shape index (κ2) is 9.10. The second-order valence-electron chi connectivity index (χ2n) is 6.48. The number of carbonyl (C=O) groups excluding carboxylic acids is 2. The Kier molecular flexibility index (Phi) is 7.13. The van der Waals surface area contributed by atoms with E-state index in [0.29, 0.717) is 5.56 Å². The van der Waals surface area contributed by atoms with Crippen LogP contribution in [0.15, 0.2) is 29.2 Å². The average Bonchev–Trinajstić information content (AvgIpc) is 2.83. The molecule has 1 amide bonds. The lowest BCUT2D eigenvalue weighted by Crippen LogP contribution is -2.36. The predicted molar refractivity (Wildman–Crippen MR) is 95.9 cm³/mol. The molecule has 0 radical (unpaired) electrons. The summed E-state index contributed by atoms with van der Waals surface area (Å²) in [6.07, 6.45) is 6.81. The number of benzene rings is 1. The van der Waals surface area contributed by atoms with Crippen LogP contribution in [0.4, 0.5) is 0 Å². The zero-order valence-electron chi connectivity index (χ0n) is 14.6. The molecule has 1 saturated carbocycles. The second-order valence-corrected chi connectivity index (χ2v) is 8.25. The van der Waals surface area contributed by atoms with Crippen molar-refractivity contribution in [1.82, 2.24) is 10.0 Å². The first kappa shape index (κ1) is 19.6. The van der Waals surface area contributed by atoms with E-state index in [-0.39, 0.29) is 35.6 Å². The summed E-state index contributed by atoms with van der Waals surface area (Å²) in [5, 5.41) is 2.99. The first-order chi connectivity index (χ1) is 11.9. The summed E-state index contributed by atoms with van der Waals surface area (Å²) in [6.45, 7) is 1.48. The standard InChI is InChI=1S/C18H26N2O4S/c1-14(21)15-8-10-17(11-9-15)25(23,24)19-13-12-18(22)20-16-6-4-2-3-5-7-16/h8-11,16,19H,2-7,12-13H2,1H3,(H,20,22). The summed E-state index contributed by atoms with van der Waals surface area (Å²) in [5.74, 6) is -0.242. The van der Waals surface area contributed by atoms with Crippen LogP contribution in [0.5, 0.6) is 0 Å². The molecule has 0 aromatic heterocycles. The molecule has 138 valence electrons. The summed E-state index contributed by atoms with van der Waals surface area (Å²) in [7, 11) is -3.68. The molecule has 0 bridgehead atoms. The van der Waals surface area contributed by atoms with Gasteiger partial charge >= 0.3 is 0 Å². The Hall–Kier alpha value is -1.73. The van der Waals surface area contributed by atoms with E-state index in [1.165, 1.54) is 44.0 Å². The lowest BCUT2D eigenvalue weighted by atomic mass is 10.1. The minimum absolute atomic E-state index is 0.0509. The van der Waals surface area contributed by atoms with E-state index in [9.17, 15) is 18.0 Å². The summed E-state index contributed by atoms with van der Waals surface area (Å²) in [4.78, 5) is 23.3. The van der Waals surface area contributed by atoms with Crippen molar-refractivity contribution < 1.29 is 18.0 Å². The third-order valence-electron chi connectivity index (χ3n) is 4.44. The molecule has 1 fully saturated rings.